The Balaban J connectivity index is 0.000000516. The van der Waals surface area contributed by atoms with Crippen molar-refractivity contribution < 1.29 is 32.6 Å². The SMILES string of the molecule is Cc1cnc(OCC(C)(C)C(=O)N[C@@H]2CNC[C@H]2C)c(C)c1.O=C(O)C(F)(F)F. The van der Waals surface area contributed by atoms with Crippen molar-refractivity contribution in [1.29, 1.82) is 0 Å². The molecule has 29 heavy (non-hydrogen) atoms. The van der Waals surface area contributed by atoms with Gasteiger partial charge in [0.25, 0.3) is 0 Å². The maximum Gasteiger partial charge on any atom is 0.490 e. The van der Waals surface area contributed by atoms with E-state index < -0.39 is 17.6 Å². The van der Waals surface area contributed by atoms with Crippen LogP contribution in [0.1, 0.15) is 31.9 Å². The van der Waals surface area contributed by atoms with Gasteiger partial charge in [-0.05, 0) is 51.8 Å². The van der Waals surface area contributed by atoms with Crippen LogP contribution in [0.4, 0.5) is 13.2 Å². The summed E-state index contributed by atoms with van der Waals surface area (Å²) in [6.07, 6.45) is -3.30. The van der Waals surface area contributed by atoms with Crippen molar-refractivity contribution in [2.75, 3.05) is 19.7 Å². The monoisotopic (exact) mass is 419 g/mol. The minimum absolute atomic E-state index is 0.0258. The van der Waals surface area contributed by atoms with Gasteiger partial charge in [0.05, 0.1) is 5.41 Å². The molecule has 1 saturated heterocycles. The number of aliphatic carboxylic acids is 1. The van der Waals surface area contributed by atoms with Gasteiger partial charge in [0.15, 0.2) is 0 Å². The van der Waals surface area contributed by atoms with Crippen LogP contribution in [0.2, 0.25) is 0 Å². The lowest BCUT2D eigenvalue weighted by atomic mass is 9.92. The number of amides is 1. The minimum Gasteiger partial charge on any atom is -0.476 e. The number of carboxylic acid groups (broad SMARTS) is 1. The van der Waals surface area contributed by atoms with Gasteiger partial charge in [-0.3, -0.25) is 4.79 Å². The Kier molecular flexibility index (Phi) is 8.43. The second-order valence-electron chi connectivity index (χ2n) is 7.83. The zero-order valence-corrected chi connectivity index (χ0v) is 17.2. The fourth-order valence-corrected chi connectivity index (χ4v) is 2.54. The summed E-state index contributed by atoms with van der Waals surface area (Å²) in [4.78, 5) is 25.7. The van der Waals surface area contributed by atoms with Gasteiger partial charge in [-0.25, -0.2) is 9.78 Å². The molecule has 2 atom stereocenters. The molecule has 2 rings (SSSR count). The molecule has 0 aromatic carbocycles. The molecule has 1 amide bonds. The maximum atomic E-state index is 12.5. The standard InChI is InChI=1S/C17H27N3O2.C2HF3O2/c1-11-6-12(2)15(19-7-11)22-10-17(4,5)16(21)20-14-9-18-8-13(14)3;3-2(4,5)1(6)7/h6-7,13-14,18H,8-10H2,1-5H3,(H,20,21);(H,6,7)/t13-,14-;/m1./s1. The quantitative estimate of drug-likeness (QED) is 0.678. The number of aryl methyl sites for hydroxylation is 2. The van der Waals surface area contributed by atoms with Crippen molar-refractivity contribution in [2.45, 2.75) is 46.8 Å². The Hall–Kier alpha value is -2.36. The van der Waals surface area contributed by atoms with Crippen LogP contribution in [-0.4, -0.2) is 53.9 Å². The van der Waals surface area contributed by atoms with Gasteiger partial charge in [0.2, 0.25) is 11.8 Å². The summed E-state index contributed by atoms with van der Waals surface area (Å²) >= 11 is 0. The number of hydrogen-bond acceptors (Lipinski definition) is 5. The highest BCUT2D eigenvalue weighted by molar-refractivity contribution is 5.82. The average molecular weight is 419 g/mol. The highest BCUT2D eigenvalue weighted by Gasteiger charge is 2.38. The van der Waals surface area contributed by atoms with Gasteiger partial charge in [-0.15, -0.1) is 0 Å². The van der Waals surface area contributed by atoms with E-state index in [4.69, 9.17) is 14.6 Å². The molecular weight excluding hydrogens is 391 g/mol. The molecule has 0 spiro atoms. The van der Waals surface area contributed by atoms with E-state index in [1.807, 2.05) is 33.8 Å². The Labute approximate surface area is 168 Å². The summed E-state index contributed by atoms with van der Waals surface area (Å²) in [6, 6.07) is 2.23. The lowest BCUT2D eigenvalue weighted by molar-refractivity contribution is -0.192. The normalized spacial score (nSPS) is 19.2. The topological polar surface area (TPSA) is 101 Å². The molecule has 1 aliphatic heterocycles. The lowest BCUT2D eigenvalue weighted by Gasteiger charge is -2.27. The van der Waals surface area contributed by atoms with Crippen LogP contribution in [-0.2, 0) is 9.59 Å². The fourth-order valence-electron chi connectivity index (χ4n) is 2.54. The third kappa shape index (κ3) is 7.88. The average Bonchev–Trinajstić information content (AvgIpc) is 2.98. The van der Waals surface area contributed by atoms with Gasteiger partial charge in [-0.2, -0.15) is 13.2 Å². The van der Waals surface area contributed by atoms with Crippen LogP contribution in [0.3, 0.4) is 0 Å². The highest BCUT2D eigenvalue weighted by atomic mass is 19.4. The molecule has 0 radical (unpaired) electrons. The number of carboxylic acids is 1. The van der Waals surface area contributed by atoms with E-state index in [0.29, 0.717) is 18.4 Å². The highest BCUT2D eigenvalue weighted by Crippen LogP contribution is 2.21. The first-order valence-electron chi connectivity index (χ1n) is 9.12. The number of nitrogens with zero attached hydrogens (tertiary/aromatic N) is 1. The van der Waals surface area contributed by atoms with Gasteiger partial charge < -0.3 is 20.5 Å². The van der Waals surface area contributed by atoms with E-state index in [-0.39, 0.29) is 11.9 Å². The number of ether oxygens (including phenoxy) is 1. The van der Waals surface area contributed by atoms with Crippen molar-refractivity contribution in [3.8, 4) is 5.88 Å². The predicted octanol–water partition coefficient (Wildman–Crippen LogP) is 2.46. The molecule has 164 valence electrons. The number of alkyl halides is 3. The van der Waals surface area contributed by atoms with E-state index in [1.165, 1.54) is 0 Å². The van der Waals surface area contributed by atoms with E-state index in [9.17, 15) is 18.0 Å². The maximum absolute atomic E-state index is 12.5. The predicted molar refractivity (Wildman–Crippen MR) is 101 cm³/mol. The molecule has 10 heteroatoms. The molecule has 0 aliphatic carbocycles. The van der Waals surface area contributed by atoms with E-state index >= 15 is 0 Å². The molecule has 1 aromatic heterocycles. The summed E-state index contributed by atoms with van der Waals surface area (Å²) in [7, 11) is 0. The Morgan fingerprint density at radius 1 is 1.31 bits per heavy atom. The zero-order chi connectivity index (χ0) is 22.4. The number of pyridine rings is 1. The number of rotatable bonds is 5. The van der Waals surface area contributed by atoms with Gasteiger partial charge in [0, 0.05) is 24.3 Å². The van der Waals surface area contributed by atoms with Crippen LogP contribution in [0.15, 0.2) is 12.3 Å². The van der Waals surface area contributed by atoms with Crippen molar-refractivity contribution in [3.63, 3.8) is 0 Å². The summed E-state index contributed by atoms with van der Waals surface area (Å²) in [5.74, 6) is -1.67. The molecular formula is C19H28F3N3O4. The first kappa shape index (κ1) is 24.7. The van der Waals surface area contributed by atoms with Gasteiger partial charge in [0.1, 0.15) is 6.61 Å². The number of hydrogen-bond donors (Lipinski definition) is 3. The number of aromatic nitrogens is 1. The fraction of sp³-hybridized carbons (Fsp3) is 0.632. The second kappa shape index (κ2) is 9.91. The summed E-state index contributed by atoms with van der Waals surface area (Å²) in [5, 5.41) is 13.5. The summed E-state index contributed by atoms with van der Waals surface area (Å²) < 4.78 is 37.5. The Morgan fingerprint density at radius 2 is 1.90 bits per heavy atom. The first-order chi connectivity index (χ1) is 13.2. The van der Waals surface area contributed by atoms with Crippen LogP contribution < -0.4 is 15.4 Å². The lowest BCUT2D eigenvalue weighted by Crippen LogP contribution is -2.48. The number of carbonyl (C=O) groups excluding carboxylic acids is 1. The zero-order valence-electron chi connectivity index (χ0n) is 17.2. The molecule has 1 aromatic rings. The van der Waals surface area contributed by atoms with Gasteiger partial charge >= 0.3 is 12.1 Å². The molecule has 1 aliphatic rings. The second-order valence-corrected chi connectivity index (χ2v) is 7.83. The van der Waals surface area contributed by atoms with Crippen LogP contribution in [0.25, 0.3) is 0 Å². The molecule has 0 bridgehead atoms. The van der Waals surface area contributed by atoms with Crippen LogP contribution >= 0.6 is 0 Å². The van der Waals surface area contributed by atoms with Crippen LogP contribution in [0.5, 0.6) is 5.88 Å². The van der Waals surface area contributed by atoms with Gasteiger partial charge in [-0.1, -0.05) is 6.92 Å². The first-order valence-corrected chi connectivity index (χ1v) is 9.12. The Bertz CT molecular complexity index is 723. The van der Waals surface area contributed by atoms with Crippen molar-refractivity contribution >= 4 is 11.9 Å². The molecule has 0 unspecified atom stereocenters. The third-order valence-electron chi connectivity index (χ3n) is 4.43. The summed E-state index contributed by atoms with van der Waals surface area (Å²) in [5.41, 5.74) is 1.50. The molecule has 2 heterocycles. The largest absolute Gasteiger partial charge is 0.490 e. The molecule has 1 fully saturated rings. The number of carbonyl (C=O) groups is 2. The van der Waals surface area contributed by atoms with E-state index in [2.05, 4.69) is 22.5 Å². The van der Waals surface area contributed by atoms with Crippen molar-refractivity contribution in [2.24, 2.45) is 11.3 Å². The minimum atomic E-state index is -5.08. The Morgan fingerprint density at radius 3 is 2.34 bits per heavy atom. The van der Waals surface area contributed by atoms with Crippen LogP contribution in [0, 0.1) is 25.2 Å². The van der Waals surface area contributed by atoms with Crippen molar-refractivity contribution in [1.82, 2.24) is 15.6 Å². The molecule has 7 nitrogen and oxygen atoms in total. The molecule has 0 saturated carbocycles. The number of halogens is 3. The van der Waals surface area contributed by atoms with E-state index in [1.54, 1.807) is 6.20 Å². The number of nitrogens with one attached hydrogen (secondary N) is 2. The third-order valence-corrected chi connectivity index (χ3v) is 4.43. The smallest absolute Gasteiger partial charge is 0.476 e. The summed E-state index contributed by atoms with van der Waals surface area (Å²) in [6.45, 7) is 12.0. The molecule has 3 N–H and O–H groups in total. The van der Waals surface area contributed by atoms with Crippen molar-refractivity contribution in [3.05, 3.63) is 23.4 Å². The van der Waals surface area contributed by atoms with E-state index in [0.717, 1.165) is 24.2 Å².